The summed E-state index contributed by atoms with van der Waals surface area (Å²) in [7, 11) is 0. The van der Waals surface area contributed by atoms with Crippen LogP contribution in [0.2, 0.25) is 5.02 Å². The maximum Gasteiger partial charge on any atom is 0.315 e. The highest BCUT2D eigenvalue weighted by atomic mass is 35.5. The minimum absolute atomic E-state index is 0.00400. The van der Waals surface area contributed by atoms with Crippen molar-refractivity contribution in [3.8, 4) is 0 Å². The summed E-state index contributed by atoms with van der Waals surface area (Å²) in [6.45, 7) is 2.44. The average Bonchev–Trinajstić information content (AvgIpc) is 2.42. The lowest BCUT2D eigenvalue weighted by Gasteiger charge is -2.21. The van der Waals surface area contributed by atoms with Gasteiger partial charge in [-0.3, -0.25) is 0 Å². The molecule has 112 valence electrons. The van der Waals surface area contributed by atoms with Crippen molar-refractivity contribution < 1.29 is 9.90 Å². The zero-order valence-electron chi connectivity index (χ0n) is 11.7. The number of amides is 2. The highest BCUT2D eigenvalue weighted by Gasteiger charge is 2.16. The highest BCUT2D eigenvalue weighted by molar-refractivity contribution is 7.99. The van der Waals surface area contributed by atoms with E-state index >= 15 is 0 Å². The van der Waals surface area contributed by atoms with Gasteiger partial charge in [-0.25, -0.2) is 4.79 Å². The van der Waals surface area contributed by atoms with Crippen molar-refractivity contribution in [1.29, 1.82) is 0 Å². The molecule has 0 aliphatic rings. The fourth-order valence-electron chi connectivity index (χ4n) is 1.80. The summed E-state index contributed by atoms with van der Waals surface area (Å²) in [5.41, 5.74) is 1.01. The van der Waals surface area contributed by atoms with Crippen LogP contribution in [0, 0.1) is 0 Å². The van der Waals surface area contributed by atoms with Gasteiger partial charge in [-0.05, 0) is 31.2 Å². The topological polar surface area (TPSA) is 61.4 Å². The van der Waals surface area contributed by atoms with Crippen molar-refractivity contribution in [2.45, 2.75) is 24.6 Å². The Labute approximate surface area is 129 Å². The first-order valence-electron chi connectivity index (χ1n) is 6.50. The number of hydrogen-bond donors (Lipinski definition) is 3. The molecule has 0 saturated carbocycles. The average molecular weight is 317 g/mol. The fourth-order valence-corrected chi connectivity index (χ4v) is 2.65. The van der Waals surface area contributed by atoms with Crippen LogP contribution in [0.25, 0.3) is 0 Å². The molecule has 20 heavy (non-hydrogen) atoms. The molecule has 1 rings (SSSR count). The van der Waals surface area contributed by atoms with Crippen LogP contribution in [0.1, 0.15) is 12.5 Å². The minimum Gasteiger partial charge on any atom is -0.395 e. The third-order valence-corrected chi connectivity index (χ3v) is 4.57. The standard InChI is InChI=1S/C14H21ClN2O2S/c1-10(13(9-18)20-2)17-14(19)16-8-7-11-5-3-4-6-12(11)15/h3-6,10,13,18H,7-9H2,1-2H3,(H2,16,17,19). The summed E-state index contributed by atoms with van der Waals surface area (Å²) in [6.07, 6.45) is 2.60. The number of hydrogen-bond acceptors (Lipinski definition) is 3. The van der Waals surface area contributed by atoms with E-state index in [1.54, 1.807) is 0 Å². The predicted molar refractivity (Wildman–Crippen MR) is 85.5 cm³/mol. The first-order valence-corrected chi connectivity index (χ1v) is 8.16. The molecule has 0 bridgehead atoms. The normalized spacial score (nSPS) is 13.6. The van der Waals surface area contributed by atoms with Crippen LogP contribution < -0.4 is 10.6 Å². The summed E-state index contributed by atoms with van der Waals surface area (Å²) >= 11 is 7.58. The van der Waals surface area contributed by atoms with Gasteiger partial charge < -0.3 is 15.7 Å². The van der Waals surface area contributed by atoms with Crippen molar-refractivity contribution in [2.24, 2.45) is 0 Å². The molecule has 2 unspecified atom stereocenters. The molecule has 1 aromatic carbocycles. The summed E-state index contributed by atoms with van der Waals surface area (Å²) in [4.78, 5) is 11.7. The van der Waals surface area contributed by atoms with E-state index in [4.69, 9.17) is 16.7 Å². The highest BCUT2D eigenvalue weighted by Crippen LogP contribution is 2.14. The number of halogens is 1. The van der Waals surface area contributed by atoms with Crippen LogP contribution in [0.5, 0.6) is 0 Å². The number of carbonyl (C=O) groups is 1. The molecule has 0 aliphatic heterocycles. The number of urea groups is 1. The van der Waals surface area contributed by atoms with E-state index in [0.717, 1.165) is 5.56 Å². The summed E-state index contributed by atoms with van der Waals surface area (Å²) in [6, 6.07) is 7.27. The smallest absolute Gasteiger partial charge is 0.315 e. The molecule has 0 aromatic heterocycles. The van der Waals surface area contributed by atoms with E-state index < -0.39 is 0 Å². The molecular formula is C14H21ClN2O2S. The minimum atomic E-state index is -0.225. The molecule has 4 nitrogen and oxygen atoms in total. The van der Waals surface area contributed by atoms with E-state index in [9.17, 15) is 4.79 Å². The van der Waals surface area contributed by atoms with Crippen LogP contribution in [0.4, 0.5) is 4.79 Å². The second-order valence-electron chi connectivity index (χ2n) is 4.49. The van der Waals surface area contributed by atoms with Crippen molar-refractivity contribution >= 4 is 29.4 Å². The number of nitrogens with one attached hydrogen (secondary N) is 2. The summed E-state index contributed by atoms with van der Waals surface area (Å²) in [5.74, 6) is 0. The van der Waals surface area contributed by atoms with Gasteiger partial charge in [0.1, 0.15) is 0 Å². The fraction of sp³-hybridized carbons (Fsp3) is 0.500. The Balaban J connectivity index is 2.32. The SMILES string of the molecule is CSC(CO)C(C)NC(=O)NCCc1ccccc1Cl. The van der Waals surface area contributed by atoms with Gasteiger partial charge in [0, 0.05) is 22.9 Å². The van der Waals surface area contributed by atoms with Gasteiger partial charge in [0.2, 0.25) is 0 Å². The Bertz CT molecular complexity index is 427. The van der Waals surface area contributed by atoms with Gasteiger partial charge in [0.15, 0.2) is 0 Å². The number of thioether (sulfide) groups is 1. The molecule has 0 fully saturated rings. The number of aliphatic hydroxyl groups is 1. The molecule has 0 spiro atoms. The van der Waals surface area contributed by atoms with Crippen molar-refractivity contribution in [3.63, 3.8) is 0 Å². The quantitative estimate of drug-likeness (QED) is 0.723. The molecular weight excluding hydrogens is 296 g/mol. The maximum absolute atomic E-state index is 11.7. The molecule has 2 atom stereocenters. The first kappa shape index (κ1) is 17.1. The van der Waals surface area contributed by atoms with Crippen molar-refractivity contribution in [3.05, 3.63) is 34.9 Å². The summed E-state index contributed by atoms with van der Waals surface area (Å²) < 4.78 is 0. The number of rotatable bonds is 7. The Morgan fingerprint density at radius 1 is 1.45 bits per heavy atom. The molecule has 1 aromatic rings. The lowest BCUT2D eigenvalue weighted by Crippen LogP contribution is -2.46. The Hall–Kier alpha value is -0.910. The van der Waals surface area contributed by atoms with E-state index in [-0.39, 0.29) is 23.9 Å². The van der Waals surface area contributed by atoms with Gasteiger partial charge >= 0.3 is 6.03 Å². The van der Waals surface area contributed by atoms with Crippen LogP contribution in [-0.4, -0.2) is 41.8 Å². The van der Waals surface area contributed by atoms with Crippen LogP contribution in [0.3, 0.4) is 0 Å². The summed E-state index contributed by atoms with van der Waals surface area (Å²) in [5, 5.41) is 15.5. The second kappa shape index (κ2) is 9.10. The Morgan fingerprint density at radius 2 is 2.15 bits per heavy atom. The molecule has 3 N–H and O–H groups in total. The molecule has 0 heterocycles. The van der Waals surface area contributed by atoms with Gasteiger partial charge in [-0.15, -0.1) is 0 Å². The largest absolute Gasteiger partial charge is 0.395 e. The monoisotopic (exact) mass is 316 g/mol. The van der Waals surface area contributed by atoms with Gasteiger partial charge in [0.05, 0.1) is 6.61 Å². The maximum atomic E-state index is 11.7. The van der Waals surface area contributed by atoms with Crippen molar-refractivity contribution in [1.82, 2.24) is 10.6 Å². The number of carbonyl (C=O) groups excluding carboxylic acids is 1. The molecule has 0 aliphatic carbocycles. The van der Waals surface area contributed by atoms with Crippen molar-refractivity contribution in [2.75, 3.05) is 19.4 Å². The van der Waals surface area contributed by atoms with Gasteiger partial charge in [-0.1, -0.05) is 29.8 Å². The van der Waals surface area contributed by atoms with Crippen LogP contribution in [-0.2, 0) is 6.42 Å². The number of benzene rings is 1. The molecule has 2 amide bonds. The molecule has 0 saturated heterocycles. The Kier molecular flexibility index (Phi) is 7.80. The van der Waals surface area contributed by atoms with E-state index in [2.05, 4.69) is 10.6 Å². The zero-order chi connectivity index (χ0) is 15.0. The van der Waals surface area contributed by atoms with Crippen LogP contribution in [0.15, 0.2) is 24.3 Å². The predicted octanol–water partition coefficient (Wildman–Crippen LogP) is 2.29. The lowest BCUT2D eigenvalue weighted by molar-refractivity contribution is 0.232. The lowest BCUT2D eigenvalue weighted by atomic mass is 10.1. The molecule has 6 heteroatoms. The van der Waals surface area contributed by atoms with E-state index in [1.807, 2.05) is 37.4 Å². The van der Waals surface area contributed by atoms with E-state index in [1.165, 1.54) is 11.8 Å². The first-order chi connectivity index (χ1) is 9.58. The zero-order valence-corrected chi connectivity index (χ0v) is 13.3. The number of aliphatic hydroxyl groups excluding tert-OH is 1. The Morgan fingerprint density at radius 3 is 2.75 bits per heavy atom. The second-order valence-corrected chi connectivity index (χ2v) is 5.97. The van der Waals surface area contributed by atoms with Crippen LogP contribution >= 0.6 is 23.4 Å². The van der Waals surface area contributed by atoms with Gasteiger partial charge in [-0.2, -0.15) is 11.8 Å². The third-order valence-electron chi connectivity index (χ3n) is 3.04. The third kappa shape index (κ3) is 5.61. The van der Waals surface area contributed by atoms with E-state index in [0.29, 0.717) is 18.0 Å². The molecule has 0 radical (unpaired) electrons. The van der Waals surface area contributed by atoms with Gasteiger partial charge in [0.25, 0.3) is 0 Å².